The van der Waals surface area contributed by atoms with Gasteiger partial charge in [-0.2, -0.15) is 0 Å². The molecule has 0 saturated heterocycles. The van der Waals surface area contributed by atoms with E-state index < -0.39 is 0 Å². The van der Waals surface area contributed by atoms with E-state index in [1.807, 2.05) is 38.4 Å². The molecular weight excluding hydrogens is 295 g/mol. The maximum atomic E-state index is 6.08. The lowest BCUT2D eigenvalue weighted by molar-refractivity contribution is 0.161. The molecular formula is C15H16Cl2N2O. The van der Waals surface area contributed by atoms with Gasteiger partial charge < -0.3 is 9.64 Å². The molecule has 20 heavy (non-hydrogen) atoms. The first kappa shape index (κ1) is 15.1. The molecule has 3 nitrogen and oxygen atoms in total. The van der Waals surface area contributed by atoms with Crippen molar-refractivity contribution >= 4 is 23.2 Å². The van der Waals surface area contributed by atoms with E-state index in [0.717, 1.165) is 17.9 Å². The number of benzene rings is 1. The number of ether oxygens (including phenoxy) is 1. The lowest BCUT2D eigenvalue weighted by Gasteiger charge is -2.23. The van der Waals surface area contributed by atoms with Gasteiger partial charge in [0.15, 0.2) is 0 Å². The zero-order valence-corrected chi connectivity index (χ0v) is 12.9. The number of likely N-dealkylation sites (N-methyl/N-ethyl adjacent to an activating group) is 1. The fourth-order valence-electron chi connectivity index (χ4n) is 1.84. The van der Waals surface area contributed by atoms with Crippen LogP contribution < -0.4 is 4.74 Å². The molecule has 0 radical (unpaired) electrons. The average molecular weight is 311 g/mol. The summed E-state index contributed by atoms with van der Waals surface area (Å²) in [6.07, 6.45) is 3.27. The van der Waals surface area contributed by atoms with Gasteiger partial charge in [0.2, 0.25) is 0 Å². The minimum Gasteiger partial charge on any atom is -0.483 e. The molecule has 0 spiro atoms. The number of hydrogen-bond donors (Lipinski definition) is 0. The van der Waals surface area contributed by atoms with Gasteiger partial charge in [-0.1, -0.05) is 29.3 Å². The molecule has 0 bridgehead atoms. The van der Waals surface area contributed by atoms with Gasteiger partial charge in [0.05, 0.1) is 16.2 Å². The quantitative estimate of drug-likeness (QED) is 0.832. The third-order valence-electron chi connectivity index (χ3n) is 2.76. The van der Waals surface area contributed by atoms with Crippen LogP contribution in [0, 0.1) is 0 Å². The summed E-state index contributed by atoms with van der Waals surface area (Å²) in [5.41, 5.74) is 0.983. The van der Waals surface area contributed by atoms with E-state index in [1.54, 1.807) is 18.5 Å². The Morgan fingerprint density at radius 2 is 2.00 bits per heavy atom. The summed E-state index contributed by atoms with van der Waals surface area (Å²) in [5, 5.41) is 1.07. The fraction of sp³-hybridized carbons (Fsp3) is 0.267. The van der Waals surface area contributed by atoms with Crippen LogP contribution in [-0.4, -0.2) is 30.5 Å². The molecule has 1 heterocycles. The summed E-state index contributed by atoms with van der Waals surface area (Å²) in [7, 11) is 3.99. The second kappa shape index (κ2) is 6.93. The van der Waals surface area contributed by atoms with Crippen molar-refractivity contribution in [3.8, 4) is 5.75 Å². The van der Waals surface area contributed by atoms with Crippen molar-refractivity contribution in [1.82, 2.24) is 9.88 Å². The summed E-state index contributed by atoms with van der Waals surface area (Å²) in [5.74, 6) is 0.727. The summed E-state index contributed by atoms with van der Waals surface area (Å²) in [4.78, 5) is 6.12. The number of hydrogen-bond acceptors (Lipinski definition) is 3. The topological polar surface area (TPSA) is 25.4 Å². The van der Waals surface area contributed by atoms with Gasteiger partial charge in [-0.3, -0.25) is 4.98 Å². The highest BCUT2D eigenvalue weighted by Gasteiger charge is 2.16. The Morgan fingerprint density at radius 3 is 2.60 bits per heavy atom. The summed E-state index contributed by atoms with van der Waals surface area (Å²) in [6, 6.07) is 9.28. The van der Waals surface area contributed by atoms with Crippen LogP contribution in [0.3, 0.4) is 0 Å². The first-order chi connectivity index (χ1) is 9.56. The lowest BCUT2D eigenvalue weighted by atomic mass is 10.1. The van der Waals surface area contributed by atoms with Crippen LogP contribution in [0.4, 0.5) is 0 Å². The molecule has 1 atom stereocenters. The summed E-state index contributed by atoms with van der Waals surface area (Å²) >= 11 is 12.0. The molecule has 1 aromatic heterocycles. The minimum absolute atomic E-state index is 0.135. The second-order valence-corrected chi connectivity index (χ2v) is 5.55. The molecule has 0 aliphatic carbocycles. The Labute approximate surface area is 129 Å². The van der Waals surface area contributed by atoms with Crippen molar-refractivity contribution in [3.63, 3.8) is 0 Å². The van der Waals surface area contributed by atoms with Gasteiger partial charge in [0.1, 0.15) is 11.9 Å². The van der Waals surface area contributed by atoms with Gasteiger partial charge in [0.25, 0.3) is 0 Å². The van der Waals surface area contributed by atoms with Crippen LogP contribution in [0.25, 0.3) is 0 Å². The molecule has 0 aliphatic rings. The van der Waals surface area contributed by atoms with Crippen molar-refractivity contribution < 1.29 is 4.74 Å². The lowest BCUT2D eigenvalue weighted by Crippen LogP contribution is -2.24. The van der Waals surface area contributed by atoms with E-state index in [1.165, 1.54) is 0 Å². The van der Waals surface area contributed by atoms with E-state index >= 15 is 0 Å². The number of pyridine rings is 1. The predicted octanol–water partition coefficient (Wildman–Crippen LogP) is 4.07. The van der Waals surface area contributed by atoms with Crippen LogP contribution in [0.5, 0.6) is 5.75 Å². The monoisotopic (exact) mass is 310 g/mol. The molecule has 0 fully saturated rings. The highest BCUT2D eigenvalue weighted by atomic mass is 35.5. The summed E-state index contributed by atoms with van der Waals surface area (Å²) in [6.45, 7) is 0.729. The molecule has 2 aromatic rings. The van der Waals surface area contributed by atoms with Crippen LogP contribution in [0.1, 0.15) is 11.7 Å². The van der Waals surface area contributed by atoms with Crippen molar-refractivity contribution in [1.29, 1.82) is 0 Å². The Kier molecular flexibility index (Phi) is 5.24. The number of halogens is 2. The van der Waals surface area contributed by atoms with E-state index in [0.29, 0.717) is 10.0 Å². The SMILES string of the molecule is CN(C)CC(Oc1cccnc1)c1ccc(Cl)c(Cl)c1. The van der Waals surface area contributed by atoms with Crippen LogP contribution in [0.15, 0.2) is 42.7 Å². The van der Waals surface area contributed by atoms with Crippen molar-refractivity contribution in [2.45, 2.75) is 6.10 Å². The van der Waals surface area contributed by atoms with Crippen LogP contribution >= 0.6 is 23.2 Å². The molecule has 5 heteroatoms. The zero-order valence-electron chi connectivity index (χ0n) is 11.4. The Balaban J connectivity index is 2.24. The average Bonchev–Trinajstić information content (AvgIpc) is 2.42. The summed E-state index contributed by atoms with van der Waals surface area (Å²) < 4.78 is 6.00. The number of rotatable bonds is 5. The van der Waals surface area contributed by atoms with Crippen molar-refractivity contribution in [3.05, 3.63) is 58.3 Å². The minimum atomic E-state index is -0.135. The molecule has 1 aromatic carbocycles. The Morgan fingerprint density at radius 1 is 1.20 bits per heavy atom. The van der Waals surface area contributed by atoms with E-state index in [-0.39, 0.29) is 6.10 Å². The highest BCUT2D eigenvalue weighted by Crippen LogP contribution is 2.28. The van der Waals surface area contributed by atoms with Crippen LogP contribution in [-0.2, 0) is 0 Å². The Hall–Kier alpha value is -1.29. The third-order valence-corrected chi connectivity index (χ3v) is 3.50. The van der Waals surface area contributed by atoms with Gasteiger partial charge in [-0.05, 0) is 43.9 Å². The molecule has 1 unspecified atom stereocenters. The third kappa shape index (κ3) is 4.10. The van der Waals surface area contributed by atoms with Gasteiger partial charge >= 0.3 is 0 Å². The van der Waals surface area contributed by atoms with Gasteiger partial charge in [-0.25, -0.2) is 0 Å². The maximum absolute atomic E-state index is 6.08. The van der Waals surface area contributed by atoms with Gasteiger partial charge in [0, 0.05) is 12.7 Å². The zero-order chi connectivity index (χ0) is 14.5. The van der Waals surface area contributed by atoms with Gasteiger partial charge in [-0.15, -0.1) is 0 Å². The first-order valence-electron chi connectivity index (χ1n) is 6.22. The van der Waals surface area contributed by atoms with E-state index in [4.69, 9.17) is 27.9 Å². The largest absolute Gasteiger partial charge is 0.483 e. The number of nitrogens with zero attached hydrogens (tertiary/aromatic N) is 2. The van der Waals surface area contributed by atoms with Crippen LogP contribution in [0.2, 0.25) is 10.0 Å². The molecule has 0 N–H and O–H groups in total. The fourth-order valence-corrected chi connectivity index (χ4v) is 2.14. The second-order valence-electron chi connectivity index (χ2n) is 4.73. The highest BCUT2D eigenvalue weighted by molar-refractivity contribution is 6.42. The standard InChI is InChI=1S/C15H16Cl2N2O/c1-19(2)10-15(20-12-4-3-7-18-9-12)11-5-6-13(16)14(17)8-11/h3-9,15H,10H2,1-2H3. The Bertz CT molecular complexity index is 561. The molecule has 0 saturated carbocycles. The van der Waals surface area contributed by atoms with E-state index in [2.05, 4.69) is 9.88 Å². The normalized spacial score (nSPS) is 12.4. The maximum Gasteiger partial charge on any atom is 0.138 e. The molecule has 0 aliphatic heterocycles. The molecule has 106 valence electrons. The molecule has 0 amide bonds. The smallest absolute Gasteiger partial charge is 0.138 e. The first-order valence-corrected chi connectivity index (χ1v) is 6.98. The van der Waals surface area contributed by atoms with Crippen molar-refractivity contribution in [2.75, 3.05) is 20.6 Å². The van der Waals surface area contributed by atoms with Crippen molar-refractivity contribution in [2.24, 2.45) is 0 Å². The van der Waals surface area contributed by atoms with E-state index in [9.17, 15) is 0 Å². The predicted molar refractivity (Wildman–Crippen MR) is 82.6 cm³/mol. The number of aromatic nitrogens is 1. The molecule has 2 rings (SSSR count).